The van der Waals surface area contributed by atoms with Crippen molar-refractivity contribution in [1.29, 1.82) is 0 Å². The number of carbonyl (C=O) groups excluding carboxylic acids is 1. The zero-order chi connectivity index (χ0) is 11.5. The molecule has 3 heteroatoms. The van der Waals surface area contributed by atoms with Gasteiger partial charge in [0.05, 0.1) is 13.2 Å². The number of hydrogen-bond donors (Lipinski definition) is 1. The predicted octanol–water partition coefficient (Wildman–Crippen LogP) is 2.21. The van der Waals surface area contributed by atoms with Gasteiger partial charge >= 0.3 is 5.97 Å². The van der Waals surface area contributed by atoms with Crippen LogP contribution in [0.4, 0.5) is 0 Å². The maximum absolute atomic E-state index is 10.7. The van der Waals surface area contributed by atoms with Crippen LogP contribution in [0.1, 0.15) is 32.6 Å². The number of unbranched alkanes of at least 4 members (excludes halogenated alkanes) is 1. The Morgan fingerprint density at radius 2 is 2.13 bits per heavy atom. The average Bonchev–Trinajstić information content (AvgIpc) is 2.21. The number of hydrogen-bond acceptors (Lipinski definition) is 3. The maximum atomic E-state index is 10.7. The number of rotatable bonds is 7. The molecule has 0 aromatic rings. The van der Waals surface area contributed by atoms with Crippen molar-refractivity contribution in [3.63, 3.8) is 0 Å². The van der Waals surface area contributed by atoms with Gasteiger partial charge in [0.25, 0.3) is 0 Å². The van der Waals surface area contributed by atoms with Gasteiger partial charge in [0.2, 0.25) is 0 Å². The summed E-state index contributed by atoms with van der Waals surface area (Å²) in [6, 6.07) is 0. The highest BCUT2D eigenvalue weighted by Crippen LogP contribution is 2.01. The Labute approximate surface area is 91.4 Å². The Hall–Kier alpha value is -1.09. The Bertz CT molecular complexity index is 217. The van der Waals surface area contributed by atoms with Crippen molar-refractivity contribution in [2.24, 2.45) is 0 Å². The summed E-state index contributed by atoms with van der Waals surface area (Å²) in [7, 11) is 1.36. The van der Waals surface area contributed by atoms with Crippen molar-refractivity contribution < 1.29 is 14.6 Å². The van der Waals surface area contributed by atoms with Crippen molar-refractivity contribution in [2.45, 2.75) is 38.7 Å². The number of aliphatic hydroxyl groups is 1. The van der Waals surface area contributed by atoms with Crippen LogP contribution in [0.5, 0.6) is 0 Å². The fourth-order valence-corrected chi connectivity index (χ4v) is 1.06. The number of allylic oxidation sites excluding steroid dienone is 3. The summed E-state index contributed by atoms with van der Waals surface area (Å²) in [4.78, 5) is 10.7. The number of aliphatic hydroxyl groups excluding tert-OH is 1. The van der Waals surface area contributed by atoms with Crippen molar-refractivity contribution in [1.82, 2.24) is 0 Å². The molecule has 1 N–H and O–H groups in total. The molecule has 0 aliphatic heterocycles. The molecule has 0 saturated carbocycles. The van der Waals surface area contributed by atoms with E-state index >= 15 is 0 Å². The Morgan fingerprint density at radius 3 is 2.73 bits per heavy atom. The van der Waals surface area contributed by atoms with Crippen LogP contribution in [0.3, 0.4) is 0 Å². The highest BCUT2D eigenvalue weighted by molar-refractivity contribution is 5.81. The van der Waals surface area contributed by atoms with Gasteiger partial charge < -0.3 is 9.84 Å². The third-order valence-corrected chi connectivity index (χ3v) is 1.89. The molecule has 0 bridgehead atoms. The minimum atomic E-state index is -0.322. The van der Waals surface area contributed by atoms with E-state index in [9.17, 15) is 4.79 Å². The van der Waals surface area contributed by atoms with Crippen LogP contribution in [-0.2, 0) is 9.53 Å². The van der Waals surface area contributed by atoms with E-state index in [4.69, 9.17) is 5.11 Å². The second-order valence-electron chi connectivity index (χ2n) is 3.41. The van der Waals surface area contributed by atoms with Gasteiger partial charge in [-0.25, -0.2) is 4.79 Å². The number of ether oxygens (including phenoxy) is 1. The zero-order valence-corrected chi connectivity index (χ0v) is 9.48. The van der Waals surface area contributed by atoms with Gasteiger partial charge in [-0.3, -0.25) is 0 Å². The molecule has 0 amide bonds. The number of esters is 1. The standard InChI is InChI=1S/C12H20O3/c1-11(13)9-7-5-3-4-6-8-10-12(14)15-2/h3-4,8,10-11,13H,5-7,9H2,1-2H3/b4-3+,10-8+. The Morgan fingerprint density at radius 1 is 1.40 bits per heavy atom. The van der Waals surface area contributed by atoms with Crippen LogP contribution < -0.4 is 0 Å². The number of carbonyl (C=O) groups is 1. The zero-order valence-electron chi connectivity index (χ0n) is 9.48. The summed E-state index contributed by atoms with van der Waals surface area (Å²) in [5, 5.41) is 8.99. The largest absolute Gasteiger partial charge is 0.466 e. The van der Waals surface area contributed by atoms with Crippen molar-refractivity contribution in [3.8, 4) is 0 Å². The first-order chi connectivity index (χ1) is 7.16. The van der Waals surface area contributed by atoms with E-state index in [1.165, 1.54) is 13.2 Å². The first-order valence-electron chi connectivity index (χ1n) is 5.24. The van der Waals surface area contributed by atoms with Crippen molar-refractivity contribution in [2.75, 3.05) is 7.11 Å². The van der Waals surface area contributed by atoms with Gasteiger partial charge in [-0.05, 0) is 32.6 Å². The third kappa shape index (κ3) is 10.8. The van der Waals surface area contributed by atoms with E-state index in [1.54, 1.807) is 13.0 Å². The summed E-state index contributed by atoms with van der Waals surface area (Å²) < 4.78 is 4.44. The molecule has 15 heavy (non-hydrogen) atoms. The monoisotopic (exact) mass is 212 g/mol. The molecule has 3 nitrogen and oxygen atoms in total. The average molecular weight is 212 g/mol. The van der Waals surface area contributed by atoms with Gasteiger partial charge in [0.15, 0.2) is 0 Å². The van der Waals surface area contributed by atoms with E-state index in [0.29, 0.717) is 0 Å². The molecule has 0 fully saturated rings. The Balaban J connectivity index is 3.39. The molecule has 0 saturated heterocycles. The molecule has 0 aliphatic rings. The van der Waals surface area contributed by atoms with Crippen LogP contribution in [0.2, 0.25) is 0 Å². The molecular weight excluding hydrogens is 192 g/mol. The van der Waals surface area contributed by atoms with Crippen LogP contribution in [0.25, 0.3) is 0 Å². The molecule has 0 heterocycles. The van der Waals surface area contributed by atoms with E-state index in [0.717, 1.165) is 25.7 Å². The third-order valence-electron chi connectivity index (χ3n) is 1.89. The minimum absolute atomic E-state index is 0.211. The van der Waals surface area contributed by atoms with E-state index < -0.39 is 0 Å². The molecule has 0 aromatic carbocycles. The lowest BCUT2D eigenvalue weighted by atomic mass is 10.1. The SMILES string of the molecule is COC(=O)/C=C/C/C=C/CCCC(C)O. The molecule has 1 unspecified atom stereocenters. The summed E-state index contributed by atoms with van der Waals surface area (Å²) in [5.74, 6) is -0.322. The first kappa shape index (κ1) is 13.9. The minimum Gasteiger partial charge on any atom is -0.466 e. The lowest BCUT2D eigenvalue weighted by Gasteiger charge is -1.99. The summed E-state index contributed by atoms with van der Waals surface area (Å²) >= 11 is 0. The highest BCUT2D eigenvalue weighted by atomic mass is 16.5. The van der Waals surface area contributed by atoms with Gasteiger partial charge in [0.1, 0.15) is 0 Å². The maximum Gasteiger partial charge on any atom is 0.330 e. The lowest BCUT2D eigenvalue weighted by molar-refractivity contribution is -0.134. The quantitative estimate of drug-likeness (QED) is 0.304. The predicted molar refractivity (Wildman–Crippen MR) is 60.4 cm³/mol. The fraction of sp³-hybridized carbons (Fsp3) is 0.583. The smallest absolute Gasteiger partial charge is 0.330 e. The van der Waals surface area contributed by atoms with Crippen molar-refractivity contribution >= 4 is 5.97 Å². The molecule has 86 valence electrons. The van der Waals surface area contributed by atoms with Crippen LogP contribution in [-0.4, -0.2) is 24.3 Å². The van der Waals surface area contributed by atoms with Gasteiger partial charge in [0, 0.05) is 6.08 Å². The molecule has 0 aliphatic carbocycles. The van der Waals surface area contributed by atoms with E-state index in [-0.39, 0.29) is 12.1 Å². The Kier molecular flexibility index (Phi) is 8.78. The summed E-state index contributed by atoms with van der Waals surface area (Å²) in [6.45, 7) is 1.79. The molecule has 0 aromatic heterocycles. The molecule has 0 rings (SSSR count). The highest BCUT2D eigenvalue weighted by Gasteiger charge is 1.92. The summed E-state index contributed by atoms with van der Waals surface area (Å²) in [5.41, 5.74) is 0. The topological polar surface area (TPSA) is 46.5 Å². The fourth-order valence-electron chi connectivity index (χ4n) is 1.06. The van der Waals surface area contributed by atoms with E-state index in [2.05, 4.69) is 10.8 Å². The van der Waals surface area contributed by atoms with Gasteiger partial charge in [-0.1, -0.05) is 18.2 Å². The van der Waals surface area contributed by atoms with Crippen LogP contribution >= 0.6 is 0 Å². The van der Waals surface area contributed by atoms with Crippen LogP contribution in [0, 0.1) is 0 Å². The van der Waals surface area contributed by atoms with E-state index in [1.807, 2.05) is 6.08 Å². The number of methoxy groups -OCH3 is 1. The van der Waals surface area contributed by atoms with Crippen molar-refractivity contribution in [3.05, 3.63) is 24.3 Å². The second-order valence-corrected chi connectivity index (χ2v) is 3.41. The molecule has 0 radical (unpaired) electrons. The normalized spacial score (nSPS) is 13.5. The summed E-state index contributed by atoms with van der Waals surface area (Å²) in [6.07, 6.45) is 10.6. The molecular formula is C12H20O3. The molecule has 1 atom stereocenters. The van der Waals surface area contributed by atoms with Gasteiger partial charge in [-0.2, -0.15) is 0 Å². The second kappa shape index (κ2) is 9.46. The van der Waals surface area contributed by atoms with Crippen LogP contribution in [0.15, 0.2) is 24.3 Å². The van der Waals surface area contributed by atoms with Gasteiger partial charge in [-0.15, -0.1) is 0 Å². The lowest BCUT2D eigenvalue weighted by Crippen LogP contribution is -1.97. The molecule has 0 spiro atoms. The first-order valence-corrected chi connectivity index (χ1v) is 5.24.